The van der Waals surface area contributed by atoms with Gasteiger partial charge in [-0.05, 0) is 19.4 Å². The lowest BCUT2D eigenvalue weighted by Gasteiger charge is -2.27. The normalized spacial score (nSPS) is 15.1. The molecule has 21 heavy (non-hydrogen) atoms. The lowest BCUT2D eigenvalue weighted by atomic mass is 10.0. The number of fused-ring (bicyclic) bond motifs is 1. The lowest BCUT2D eigenvalue weighted by molar-refractivity contribution is -0.122. The number of carbonyl (C=O) groups is 1. The van der Waals surface area contributed by atoms with Gasteiger partial charge in [-0.3, -0.25) is 14.2 Å². The van der Waals surface area contributed by atoms with E-state index in [4.69, 9.17) is 0 Å². The van der Waals surface area contributed by atoms with Crippen LogP contribution in [0.2, 0.25) is 0 Å². The Morgan fingerprint density at radius 1 is 1.52 bits per heavy atom. The predicted octanol–water partition coefficient (Wildman–Crippen LogP) is 0.410. The van der Waals surface area contributed by atoms with Crippen molar-refractivity contribution in [1.29, 1.82) is 0 Å². The van der Waals surface area contributed by atoms with E-state index >= 15 is 0 Å². The zero-order chi connectivity index (χ0) is 15.0. The zero-order valence-electron chi connectivity index (χ0n) is 12.1. The maximum absolute atomic E-state index is 12.4. The molecule has 0 spiro atoms. The molecule has 2 aromatic heterocycles. The number of nitrogens with one attached hydrogen (secondary N) is 2. The summed E-state index contributed by atoms with van der Waals surface area (Å²) in [5.41, 5.74) is 0.824. The van der Waals surface area contributed by atoms with Crippen LogP contribution in [-0.2, 0) is 11.3 Å². The zero-order valence-corrected chi connectivity index (χ0v) is 12.9. The molecule has 0 aliphatic carbocycles. The van der Waals surface area contributed by atoms with Gasteiger partial charge in [-0.1, -0.05) is 0 Å². The van der Waals surface area contributed by atoms with Gasteiger partial charge in [-0.25, -0.2) is 4.98 Å². The van der Waals surface area contributed by atoms with E-state index in [2.05, 4.69) is 15.6 Å². The molecular formula is C14H18N4O2S. The number of hydrogen-bond acceptors (Lipinski definition) is 5. The Bertz CT molecular complexity index is 745. The van der Waals surface area contributed by atoms with Crippen LogP contribution < -0.4 is 16.2 Å². The number of aryl methyl sites for hydroxylation is 2. The highest BCUT2D eigenvalue weighted by molar-refractivity contribution is 7.18. The topological polar surface area (TPSA) is 76.0 Å². The Labute approximate surface area is 126 Å². The van der Waals surface area contributed by atoms with E-state index in [1.165, 1.54) is 22.2 Å². The first-order valence-corrected chi connectivity index (χ1v) is 7.80. The van der Waals surface area contributed by atoms with E-state index < -0.39 is 0 Å². The van der Waals surface area contributed by atoms with Gasteiger partial charge in [-0.2, -0.15) is 0 Å². The fraction of sp³-hybridized carbons (Fsp3) is 0.500. The predicted molar refractivity (Wildman–Crippen MR) is 82.7 cm³/mol. The van der Waals surface area contributed by atoms with Crippen molar-refractivity contribution in [3.05, 3.63) is 27.1 Å². The van der Waals surface area contributed by atoms with Crippen molar-refractivity contribution in [3.8, 4) is 0 Å². The second-order valence-electron chi connectivity index (χ2n) is 5.47. The molecule has 0 bridgehead atoms. The average Bonchev–Trinajstić information content (AvgIpc) is 2.67. The summed E-state index contributed by atoms with van der Waals surface area (Å²) in [5.74, 6) is 0.364. The maximum atomic E-state index is 12.4. The molecule has 1 aliphatic rings. The molecule has 0 radical (unpaired) electrons. The first kappa shape index (κ1) is 14.2. The standard InChI is InChI=1S/C14H18N4O2S/c1-8-9(2)21-13-12(8)14(20)18(7-17-13)6-11(19)16-5-10-3-15-4-10/h7,10,15H,3-6H2,1-2H3,(H,16,19). The molecule has 2 aromatic rings. The Morgan fingerprint density at radius 2 is 2.29 bits per heavy atom. The molecule has 7 heteroatoms. The van der Waals surface area contributed by atoms with Crippen molar-refractivity contribution >= 4 is 27.5 Å². The van der Waals surface area contributed by atoms with Crippen LogP contribution in [0.1, 0.15) is 10.4 Å². The first-order valence-electron chi connectivity index (χ1n) is 6.99. The molecule has 2 N–H and O–H groups in total. The van der Waals surface area contributed by atoms with Crippen molar-refractivity contribution < 1.29 is 4.79 Å². The van der Waals surface area contributed by atoms with Crippen LogP contribution >= 0.6 is 11.3 Å². The van der Waals surface area contributed by atoms with Gasteiger partial charge in [0, 0.05) is 30.4 Å². The van der Waals surface area contributed by atoms with Gasteiger partial charge in [0.25, 0.3) is 5.56 Å². The van der Waals surface area contributed by atoms with Gasteiger partial charge >= 0.3 is 0 Å². The number of nitrogens with zero attached hydrogens (tertiary/aromatic N) is 2. The monoisotopic (exact) mass is 306 g/mol. The molecular weight excluding hydrogens is 288 g/mol. The van der Waals surface area contributed by atoms with Crippen LogP contribution in [0.25, 0.3) is 10.2 Å². The quantitative estimate of drug-likeness (QED) is 0.858. The van der Waals surface area contributed by atoms with Gasteiger partial charge in [0.05, 0.1) is 11.7 Å². The van der Waals surface area contributed by atoms with E-state index in [0.717, 1.165) is 28.4 Å². The number of thiophene rings is 1. The molecule has 1 saturated heterocycles. The fourth-order valence-corrected chi connectivity index (χ4v) is 3.33. The molecule has 0 saturated carbocycles. The highest BCUT2D eigenvalue weighted by atomic mass is 32.1. The molecule has 3 heterocycles. The lowest BCUT2D eigenvalue weighted by Crippen LogP contribution is -2.48. The van der Waals surface area contributed by atoms with Crippen LogP contribution in [-0.4, -0.2) is 35.1 Å². The van der Waals surface area contributed by atoms with E-state index in [0.29, 0.717) is 17.8 Å². The maximum Gasteiger partial charge on any atom is 0.262 e. The summed E-state index contributed by atoms with van der Waals surface area (Å²) in [6.45, 7) is 6.47. The van der Waals surface area contributed by atoms with Crippen molar-refractivity contribution in [3.63, 3.8) is 0 Å². The Hall–Kier alpha value is -1.73. The third kappa shape index (κ3) is 2.71. The second-order valence-corrected chi connectivity index (χ2v) is 6.67. The van der Waals surface area contributed by atoms with Crippen molar-refractivity contribution in [1.82, 2.24) is 20.2 Å². The van der Waals surface area contributed by atoms with Gasteiger partial charge < -0.3 is 10.6 Å². The van der Waals surface area contributed by atoms with Crippen LogP contribution in [0.3, 0.4) is 0 Å². The highest BCUT2D eigenvalue weighted by Gasteiger charge is 2.18. The van der Waals surface area contributed by atoms with Crippen molar-refractivity contribution in [2.24, 2.45) is 5.92 Å². The smallest absolute Gasteiger partial charge is 0.262 e. The molecule has 1 fully saturated rings. The number of hydrogen-bond donors (Lipinski definition) is 2. The molecule has 3 rings (SSSR count). The third-order valence-electron chi connectivity index (χ3n) is 3.92. The minimum Gasteiger partial charge on any atom is -0.354 e. The largest absolute Gasteiger partial charge is 0.354 e. The summed E-state index contributed by atoms with van der Waals surface area (Å²) in [6.07, 6.45) is 1.46. The van der Waals surface area contributed by atoms with Crippen LogP contribution in [0.4, 0.5) is 0 Å². The van der Waals surface area contributed by atoms with Crippen LogP contribution in [0, 0.1) is 19.8 Å². The summed E-state index contributed by atoms with van der Waals surface area (Å²) in [5, 5.41) is 6.66. The molecule has 0 atom stereocenters. The van der Waals surface area contributed by atoms with E-state index in [-0.39, 0.29) is 18.0 Å². The summed E-state index contributed by atoms with van der Waals surface area (Å²) < 4.78 is 1.38. The summed E-state index contributed by atoms with van der Waals surface area (Å²) >= 11 is 1.51. The number of rotatable bonds is 4. The van der Waals surface area contributed by atoms with Crippen LogP contribution in [0.15, 0.2) is 11.1 Å². The molecule has 0 aromatic carbocycles. The molecule has 6 nitrogen and oxygen atoms in total. The fourth-order valence-electron chi connectivity index (χ4n) is 2.34. The minimum atomic E-state index is -0.144. The number of aromatic nitrogens is 2. The third-order valence-corrected chi connectivity index (χ3v) is 5.04. The van der Waals surface area contributed by atoms with Crippen LogP contribution in [0.5, 0.6) is 0 Å². The minimum absolute atomic E-state index is 0.0241. The summed E-state index contributed by atoms with van der Waals surface area (Å²) in [6, 6.07) is 0. The van der Waals surface area contributed by atoms with Crippen molar-refractivity contribution in [2.45, 2.75) is 20.4 Å². The molecule has 1 aliphatic heterocycles. The van der Waals surface area contributed by atoms with E-state index in [1.807, 2.05) is 13.8 Å². The Kier molecular flexibility index (Phi) is 3.77. The van der Waals surface area contributed by atoms with E-state index in [9.17, 15) is 9.59 Å². The Morgan fingerprint density at radius 3 is 2.95 bits per heavy atom. The average molecular weight is 306 g/mol. The van der Waals surface area contributed by atoms with Gasteiger partial charge in [-0.15, -0.1) is 11.3 Å². The Balaban J connectivity index is 1.77. The van der Waals surface area contributed by atoms with Gasteiger partial charge in [0.15, 0.2) is 0 Å². The van der Waals surface area contributed by atoms with Crippen molar-refractivity contribution in [2.75, 3.05) is 19.6 Å². The van der Waals surface area contributed by atoms with Gasteiger partial charge in [0.2, 0.25) is 5.91 Å². The summed E-state index contributed by atoms with van der Waals surface area (Å²) in [7, 11) is 0. The molecule has 112 valence electrons. The molecule has 0 unspecified atom stereocenters. The highest BCUT2D eigenvalue weighted by Crippen LogP contribution is 2.25. The van der Waals surface area contributed by atoms with E-state index in [1.54, 1.807) is 0 Å². The summed E-state index contributed by atoms with van der Waals surface area (Å²) in [4.78, 5) is 30.5. The molecule has 1 amide bonds. The first-order chi connectivity index (χ1) is 10.1. The number of amides is 1. The number of carbonyl (C=O) groups excluding carboxylic acids is 1. The SMILES string of the molecule is Cc1sc2ncn(CC(=O)NCC3CNC3)c(=O)c2c1C. The van der Waals surface area contributed by atoms with Gasteiger partial charge in [0.1, 0.15) is 11.4 Å². The second kappa shape index (κ2) is 5.57.